The molecule has 4 saturated carbocycles. The Labute approximate surface area is 190 Å². The second kappa shape index (κ2) is 7.06. The van der Waals surface area contributed by atoms with Gasteiger partial charge in [-0.2, -0.15) is 0 Å². The van der Waals surface area contributed by atoms with Crippen LogP contribution in [0.25, 0.3) is 0 Å². The van der Waals surface area contributed by atoms with Crippen LogP contribution in [0, 0.1) is 17.8 Å². The first-order chi connectivity index (χ1) is 15.0. The molecular weight excluding hydrogens is 402 g/mol. The minimum absolute atomic E-state index is 0.00372. The van der Waals surface area contributed by atoms with Gasteiger partial charge in [0.2, 0.25) is 5.91 Å². The first-order valence-corrected chi connectivity index (χ1v) is 12.0. The Hall–Kier alpha value is -2.37. The van der Waals surface area contributed by atoms with Gasteiger partial charge in [-0.1, -0.05) is 45.0 Å². The van der Waals surface area contributed by atoms with Crippen LogP contribution in [0.2, 0.25) is 0 Å². The molecule has 0 radical (unpaired) electrons. The molecule has 1 heterocycles. The normalized spacial score (nSPS) is 35.9. The molecule has 1 aromatic rings. The highest BCUT2D eigenvalue weighted by Gasteiger charge is 2.53. The number of rotatable bonds is 4. The number of hydrogen-bond acceptors (Lipinski definition) is 3. The third-order valence-electron chi connectivity index (χ3n) is 8.35. The van der Waals surface area contributed by atoms with E-state index < -0.39 is 11.6 Å². The molecule has 5 fully saturated rings. The largest absolute Gasteiger partial charge is 0.349 e. The molecular formula is C26H35N3O3. The number of hydrogen-bond donors (Lipinski definition) is 2. The zero-order valence-electron chi connectivity index (χ0n) is 19.7. The molecule has 1 aromatic carbocycles. The summed E-state index contributed by atoms with van der Waals surface area (Å²) in [5, 5.41) is 6.10. The van der Waals surface area contributed by atoms with Crippen molar-refractivity contribution in [3.63, 3.8) is 0 Å². The molecule has 1 aliphatic heterocycles. The molecule has 6 nitrogen and oxygen atoms in total. The Balaban J connectivity index is 1.28. The number of carbonyl (C=O) groups is 3. The van der Waals surface area contributed by atoms with E-state index >= 15 is 0 Å². The fourth-order valence-electron chi connectivity index (χ4n) is 7.08. The van der Waals surface area contributed by atoms with E-state index in [0.717, 1.165) is 53.0 Å². The molecule has 1 unspecified atom stereocenters. The van der Waals surface area contributed by atoms with Gasteiger partial charge in [-0.25, -0.2) is 4.79 Å². The molecule has 1 saturated heterocycles. The van der Waals surface area contributed by atoms with Crippen molar-refractivity contribution in [2.24, 2.45) is 17.8 Å². The third-order valence-corrected chi connectivity index (χ3v) is 8.35. The second-order valence-corrected chi connectivity index (χ2v) is 12.0. The number of nitrogens with zero attached hydrogens (tertiary/aromatic N) is 1. The fourth-order valence-corrected chi connectivity index (χ4v) is 7.08. The van der Waals surface area contributed by atoms with E-state index in [-0.39, 0.29) is 29.3 Å². The zero-order chi connectivity index (χ0) is 22.9. The summed E-state index contributed by atoms with van der Waals surface area (Å²) in [6.45, 7) is 7.90. The number of carbonyl (C=O) groups excluding carboxylic acids is 3. The molecule has 6 rings (SSSR count). The van der Waals surface area contributed by atoms with Gasteiger partial charge < -0.3 is 10.6 Å². The summed E-state index contributed by atoms with van der Waals surface area (Å²) < 4.78 is 0. The van der Waals surface area contributed by atoms with E-state index in [1.54, 1.807) is 6.92 Å². The second-order valence-electron chi connectivity index (χ2n) is 12.0. The standard InChI is InChI=1S/C26H35N3O3/c1-24(2,3)19-5-7-20(8-6-19)25(4)22(31)29(23(32)28-25)15-21(30)27-26-12-16-9-17(13-26)11-18(10-16)14-26/h5-8,16-18H,9-15H2,1-4H3,(H,27,30)(H,28,32). The number of urea groups is 1. The predicted octanol–water partition coefficient (Wildman–Crippen LogP) is 3.84. The lowest BCUT2D eigenvalue weighted by atomic mass is 9.53. The minimum Gasteiger partial charge on any atom is -0.349 e. The molecule has 6 heteroatoms. The van der Waals surface area contributed by atoms with Crippen LogP contribution in [-0.4, -0.2) is 34.8 Å². The van der Waals surface area contributed by atoms with Crippen LogP contribution in [0.4, 0.5) is 4.79 Å². The molecule has 5 aliphatic rings. The SMILES string of the molecule is CC(C)(C)c1ccc(C2(C)NC(=O)N(CC(=O)NC34CC5CC(CC(C5)C3)C4)C2=O)cc1. The van der Waals surface area contributed by atoms with Crippen LogP contribution in [-0.2, 0) is 20.5 Å². The molecule has 172 valence electrons. The van der Waals surface area contributed by atoms with E-state index in [1.807, 2.05) is 24.3 Å². The Morgan fingerprint density at radius 1 is 1.03 bits per heavy atom. The van der Waals surface area contributed by atoms with E-state index in [1.165, 1.54) is 19.3 Å². The quantitative estimate of drug-likeness (QED) is 0.703. The molecule has 4 amide bonds. The van der Waals surface area contributed by atoms with Crippen LogP contribution in [0.15, 0.2) is 24.3 Å². The van der Waals surface area contributed by atoms with Gasteiger partial charge in [-0.05, 0) is 79.7 Å². The maximum atomic E-state index is 13.3. The summed E-state index contributed by atoms with van der Waals surface area (Å²) in [5.41, 5.74) is 0.608. The van der Waals surface area contributed by atoms with Crippen molar-refractivity contribution in [3.05, 3.63) is 35.4 Å². The summed E-state index contributed by atoms with van der Waals surface area (Å²) in [4.78, 5) is 40.1. The summed E-state index contributed by atoms with van der Waals surface area (Å²) in [6.07, 6.45) is 7.03. The third kappa shape index (κ3) is 3.52. The van der Waals surface area contributed by atoms with Gasteiger partial charge in [-0.3, -0.25) is 14.5 Å². The summed E-state index contributed by atoms with van der Waals surface area (Å²) in [5.74, 6) is 1.57. The number of amides is 4. The smallest absolute Gasteiger partial charge is 0.325 e. The van der Waals surface area contributed by atoms with E-state index in [0.29, 0.717) is 0 Å². The van der Waals surface area contributed by atoms with Crippen molar-refractivity contribution >= 4 is 17.8 Å². The highest BCUT2D eigenvalue weighted by Crippen LogP contribution is 2.55. The van der Waals surface area contributed by atoms with Gasteiger partial charge >= 0.3 is 6.03 Å². The van der Waals surface area contributed by atoms with E-state index in [9.17, 15) is 14.4 Å². The van der Waals surface area contributed by atoms with Crippen LogP contribution in [0.3, 0.4) is 0 Å². The molecule has 32 heavy (non-hydrogen) atoms. The van der Waals surface area contributed by atoms with Gasteiger partial charge in [0.05, 0.1) is 0 Å². The van der Waals surface area contributed by atoms with Crippen molar-refractivity contribution in [2.75, 3.05) is 6.54 Å². The fraction of sp³-hybridized carbons (Fsp3) is 0.654. The molecule has 0 spiro atoms. The Kier molecular flexibility index (Phi) is 4.74. The van der Waals surface area contributed by atoms with Crippen LogP contribution in [0.5, 0.6) is 0 Å². The van der Waals surface area contributed by atoms with Crippen molar-refractivity contribution < 1.29 is 14.4 Å². The highest BCUT2D eigenvalue weighted by molar-refractivity contribution is 6.09. The van der Waals surface area contributed by atoms with Crippen molar-refractivity contribution in [2.45, 2.75) is 82.7 Å². The molecule has 2 N–H and O–H groups in total. The maximum absolute atomic E-state index is 13.3. The van der Waals surface area contributed by atoms with Gasteiger partial charge in [0.1, 0.15) is 12.1 Å². The van der Waals surface area contributed by atoms with Gasteiger partial charge in [0.25, 0.3) is 5.91 Å². The van der Waals surface area contributed by atoms with E-state index in [4.69, 9.17) is 0 Å². The maximum Gasteiger partial charge on any atom is 0.325 e. The number of nitrogens with one attached hydrogen (secondary N) is 2. The first-order valence-electron chi connectivity index (χ1n) is 12.0. The number of benzene rings is 1. The lowest BCUT2D eigenvalue weighted by molar-refractivity contribution is -0.136. The van der Waals surface area contributed by atoms with Crippen LogP contribution < -0.4 is 10.6 Å². The topological polar surface area (TPSA) is 78.5 Å². The van der Waals surface area contributed by atoms with Crippen LogP contribution >= 0.6 is 0 Å². The predicted molar refractivity (Wildman–Crippen MR) is 122 cm³/mol. The van der Waals surface area contributed by atoms with Gasteiger partial charge in [-0.15, -0.1) is 0 Å². The average Bonchev–Trinajstić information content (AvgIpc) is 2.90. The van der Waals surface area contributed by atoms with Gasteiger partial charge in [0.15, 0.2) is 0 Å². The highest BCUT2D eigenvalue weighted by atomic mass is 16.2. The molecule has 1 atom stereocenters. The van der Waals surface area contributed by atoms with Gasteiger partial charge in [0, 0.05) is 5.54 Å². The van der Waals surface area contributed by atoms with Crippen molar-refractivity contribution in [3.8, 4) is 0 Å². The van der Waals surface area contributed by atoms with Crippen molar-refractivity contribution in [1.29, 1.82) is 0 Å². The molecule has 4 bridgehead atoms. The molecule has 4 aliphatic carbocycles. The Morgan fingerprint density at radius 2 is 1.56 bits per heavy atom. The van der Waals surface area contributed by atoms with Crippen molar-refractivity contribution in [1.82, 2.24) is 15.5 Å². The summed E-state index contributed by atoms with van der Waals surface area (Å²) in [7, 11) is 0. The number of imide groups is 1. The monoisotopic (exact) mass is 437 g/mol. The minimum atomic E-state index is -1.16. The summed E-state index contributed by atoms with van der Waals surface area (Å²) >= 11 is 0. The van der Waals surface area contributed by atoms with E-state index in [2.05, 4.69) is 31.4 Å². The summed E-state index contributed by atoms with van der Waals surface area (Å²) in [6, 6.07) is 7.30. The Bertz CT molecular complexity index is 926. The average molecular weight is 438 g/mol. The van der Waals surface area contributed by atoms with Crippen LogP contribution in [0.1, 0.15) is 77.3 Å². The first kappa shape index (κ1) is 21.5. The lowest BCUT2D eigenvalue weighted by Gasteiger charge is -2.56. The Morgan fingerprint density at radius 3 is 2.06 bits per heavy atom. The zero-order valence-corrected chi connectivity index (χ0v) is 19.7. The lowest BCUT2D eigenvalue weighted by Crippen LogP contribution is -2.61. The molecule has 0 aromatic heterocycles.